The highest BCUT2D eigenvalue weighted by Gasteiger charge is 2.14. The van der Waals surface area contributed by atoms with Crippen molar-refractivity contribution >= 4 is 43.6 Å². The molecule has 1 N–H and O–H groups in total. The molecule has 0 aliphatic heterocycles. The molecule has 6 heteroatoms. The Morgan fingerprint density at radius 2 is 2.12 bits per heavy atom. The third-order valence-electron chi connectivity index (χ3n) is 4.14. The topological polar surface area (TPSA) is 68.0 Å². The summed E-state index contributed by atoms with van der Waals surface area (Å²) in [5, 5.41) is 8.39. The minimum Gasteiger partial charge on any atom is -0.356 e. The molecule has 0 spiro atoms. The zero-order valence-electron chi connectivity index (χ0n) is 14.0. The molecule has 25 heavy (non-hydrogen) atoms. The average Bonchev–Trinajstić information content (AvgIpc) is 3.17. The Labute approximate surface area is 148 Å². The molecule has 0 saturated heterocycles. The maximum absolute atomic E-state index is 12.4. The molecule has 2 aromatic heterocycles. The fourth-order valence-electron chi connectivity index (χ4n) is 2.79. The molecule has 2 aromatic carbocycles. The molecule has 0 bridgehead atoms. The second-order valence-electron chi connectivity index (χ2n) is 6.03. The van der Waals surface area contributed by atoms with Gasteiger partial charge in [-0.15, -0.1) is 0 Å². The van der Waals surface area contributed by atoms with E-state index in [-0.39, 0.29) is 12.3 Å². The normalized spacial score (nSPS) is 11.3. The highest BCUT2D eigenvalue weighted by atomic mass is 32.1. The first-order valence-corrected chi connectivity index (χ1v) is 8.98. The van der Waals surface area contributed by atoms with Gasteiger partial charge in [0.1, 0.15) is 5.69 Å². The van der Waals surface area contributed by atoms with Crippen molar-refractivity contribution in [2.75, 3.05) is 5.32 Å². The Kier molecular flexibility index (Phi) is 3.97. The van der Waals surface area contributed by atoms with E-state index in [0.717, 1.165) is 27.6 Å². The molecule has 126 valence electrons. The minimum atomic E-state index is -0.147. The van der Waals surface area contributed by atoms with Gasteiger partial charge in [0.15, 0.2) is 10.7 Å². The van der Waals surface area contributed by atoms with Crippen molar-refractivity contribution in [2.24, 2.45) is 0 Å². The fourth-order valence-corrected chi connectivity index (χ4v) is 3.73. The summed E-state index contributed by atoms with van der Waals surface area (Å²) < 4.78 is 6.37. The molecule has 0 saturated carbocycles. The third kappa shape index (κ3) is 3.13. The van der Waals surface area contributed by atoms with Crippen LogP contribution in [-0.4, -0.2) is 16.0 Å². The number of hydrogen-bond acceptors (Lipinski definition) is 5. The number of aryl methyl sites for hydroxylation is 2. The smallest absolute Gasteiger partial charge is 0.232 e. The molecule has 1 amide bonds. The van der Waals surface area contributed by atoms with Gasteiger partial charge in [-0.25, -0.2) is 4.98 Å². The van der Waals surface area contributed by atoms with Gasteiger partial charge in [0.2, 0.25) is 5.91 Å². The van der Waals surface area contributed by atoms with Crippen molar-refractivity contribution in [1.29, 1.82) is 0 Å². The van der Waals surface area contributed by atoms with Crippen LogP contribution in [0.1, 0.15) is 23.7 Å². The zero-order chi connectivity index (χ0) is 17.4. The van der Waals surface area contributed by atoms with E-state index in [2.05, 4.69) is 34.5 Å². The number of nitrogens with zero attached hydrogens (tertiary/aromatic N) is 2. The van der Waals surface area contributed by atoms with Crippen molar-refractivity contribution in [3.63, 3.8) is 0 Å². The highest BCUT2D eigenvalue weighted by Crippen LogP contribution is 2.27. The molecule has 0 fully saturated rings. The van der Waals surface area contributed by atoms with E-state index >= 15 is 0 Å². The number of rotatable bonds is 4. The molecule has 0 aliphatic rings. The first-order chi connectivity index (χ1) is 12.1. The Morgan fingerprint density at radius 1 is 1.24 bits per heavy atom. The molecule has 4 rings (SSSR count). The molecular formula is C19H17N3O2S. The van der Waals surface area contributed by atoms with Crippen molar-refractivity contribution in [3.8, 4) is 0 Å². The summed E-state index contributed by atoms with van der Waals surface area (Å²) in [6.07, 6.45) is 1.14. The van der Waals surface area contributed by atoms with E-state index in [1.54, 1.807) is 0 Å². The zero-order valence-corrected chi connectivity index (χ0v) is 14.8. The summed E-state index contributed by atoms with van der Waals surface area (Å²) in [5.74, 6) is -0.147. The number of amides is 1. The maximum Gasteiger partial charge on any atom is 0.232 e. The number of thiazole rings is 1. The second kappa shape index (κ2) is 6.29. The van der Waals surface area contributed by atoms with Crippen LogP contribution in [0.3, 0.4) is 0 Å². The quantitative estimate of drug-likeness (QED) is 0.588. The summed E-state index contributed by atoms with van der Waals surface area (Å²) in [6, 6.07) is 12.0. The van der Waals surface area contributed by atoms with Gasteiger partial charge in [-0.05, 0) is 43.2 Å². The van der Waals surface area contributed by atoms with Gasteiger partial charge in [-0.1, -0.05) is 41.1 Å². The van der Waals surface area contributed by atoms with Gasteiger partial charge < -0.3 is 9.84 Å². The van der Waals surface area contributed by atoms with Crippen LogP contribution in [0.15, 0.2) is 40.9 Å². The fraction of sp³-hybridized carbons (Fsp3) is 0.211. The number of carbonyl (C=O) groups is 1. The van der Waals surface area contributed by atoms with Gasteiger partial charge in [0.05, 0.1) is 16.6 Å². The SMILES string of the molecule is CCc1ccc2nc(NC(=O)Cc3noc4ccc(C)cc34)sc2c1. The summed E-state index contributed by atoms with van der Waals surface area (Å²) in [6.45, 7) is 4.12. The number of anilines is 1. The maximum atomic E-state index is 12.4. The average molecular weight is 351 g/mol. The number of carbonyl (C=O) groups excluding carboxylic acids is 1. The van der Waals surface area contributed by atoms with E-state index in [9.17, 15) is 4.79 Å². The monoisotopic (exact) mass is 351 g/mol. The van der Waals surface area contributed by atoms with Crippen LogP contribution in [0.4, 0.5) is 5.13 Å². The standard InChI is InChI=1S/C19H17N3O2S/c1-3-12-5-6-14-17(9-12)25-19(20-14)21-18(23)10-15-13-8-11(2)4-7-16(13)24-22-15/h4-9H,3,10H2,1-2H3,(H,20,21,23). The Bertz CT molecular complexity index is 1080. The Balaban J connectivity index is 1.54. The Hall–Kier alpha value is -2.73. The van der Waals surface area contributed by atoms with E-state index in [0.29, 0.717) is 16.4 Å². The Morgan fingerprint density at radius 3 is 2.96 bits per heavy atom. The van der Waals surface area contributed by atoms with Crippen LogP contribution in [-0.2, 0) is 17.6 Å². The lowest BCUT2D eigenvalue weighted by atomic mass is 10.1. The van der Waals surface area contributed by atoms with Crippen molar-refractivity contribution in [1.82, 2.24) is 10.1 Å². The molecule has 5 nitrogen and oxygen atoms in total. The van der Waals surface area contributed by atoms with Gasteiger partial charge >= 0.3 is 0 Å². The van der Waals surface area contributed by atoms with Crippen molar-refractivity contribution in [2.45, 2.75) is 26.7 Å². The van der Waals surface area contributed by atoms with Gasteiger partial charge in [0.25, 0.3) is 0 Å². The number of aromatic nitrogens is 2. The predicted molar refractivity (Wildman–Crippen MR) is 100 cm³/mol. The summed E-state index contributed by atoms with van der Waals surface area (Å²) in [5.41, 5.74) is 4.61. The molecule has 0 atom stereocenters. The molecule has 0 aliphatic carbocycles. The molecule has 2 heterocycles. The molecular weight excluding hydrogens is 334 g/mol. The molecule has 0 radical (unpaired) electrons. The summed E-state index contributed by atoms with van der Waals surface area (Å²) >= 11 is 1.49. The lowest BCUT2D eigenvalue weighted by Crippen LogP contribution is -2.14. The largest absolute Gasteiger partial charge is 0.356 e. The van der Waals surface area contributed by atoms with Crippen LogP contribution < -0.4 is 5.32 Å². The van der Waals surface area contributed by atoms with Crippen molar-refractivity contribution in [3.05, 3.63) is 53.2 Å². The predicted octanol–water partition coefficient (Wildman–Crippen LogP) is 4.49. The van der Waals surface area contributed by atoms with Gasteiger partial charge in [0, 0.05) is 5.39 Å². The minimum absolute atomic E-state index is 0.147. The van der Waals surface area contributed by atoms with E-state index in [1.807, 2.05) is 31.2 Å². The van der Waals surface area contributed by atoms with Crippen LogP contribution in [0.2, 0.25) is 0 Å². The lowest BCUT2D eigenvalue weighted by molar-refractivity contribution is -0.115. The lowest BCUT2D eigenvalue weighted by Gasteiger charge is -1.99. The first kappa shape index (κ1) is 15.8. The first-order valence-electron chi connectivity index (χ1n) is 8.16. The van der Waals surface area contributed by atoms with Gasteiger partial charge in [-0.2, -0.15) is 0 Å². The number of fused-ring (bicyclic) bond motifs is 2. The van der Waals surface area contributed by atoms with Crippen LogP contribution in [0.5, 0.6) is 0 Å². The number of benzene rings is 2. The highest BCUT2D eigenvalue weighted by molar-refractivity contribution is 7.22. The second-order valence-corrected chi connectivity index (χ2v) is 7.06. The van der Waals surface area contributed by atoms with Crippen LogP contribution >= 0.6 is 11.3 Å². The molecule has 0 unspecified atom stereocenters. The van der Waals surface area contributed by atoms with E-state index in [1.165, 1.54) is 16.9 Å². The summed E-state index contributed by atoms with van der Waals surface area (Å²) in [7, 11) is 0. The van der Waals surface area contributed by atoms with E-state index in [4.69, 9.17) is 4.52 Å². The van der Waals surface area contributed by atoms with E-state index < -0.39 is 0 Å². The number of nitrogens with one attached hydrogen (secondary N) is 1. The van der Waals surface area contributed by atoms with Crippen LogP contribution in [0.25, 0.3) is 21.2 Å². The van der Waals surface area contributed by atoms with Gasteiger partial charge in [-0.3, -0.25) is 4.79 Å². The third-order valence-corrected chi connectivity index (χ3v) is 5.07. The van der Waals surface area contributed by atoms with Crippen molar-refractivity contribution < 1.29 is 9.32 Å². The summed E-state index contributed by atoms with van der Waals surface area (Å²) in [4.78, 5) is 16.9. The van der Waals surface area contributed by atoms with Crippen LogP contribution in [0, 0.1) is 6.92 Å². The molecule has 4 aromatic rings. The number of hydrogen-bond donors (Lipinski definition) is 1.